The van der Waals surface area contributed by atoms with Crippen molar-refractivity contribution in [2.24, 2.45) is 7.05 Å². The molecule has 2 rings (SSSR count). The maximum absolute atomic E-state index is 12.9. The Morgan fingerprint density at radius 3 is 2.38 bits per heavy atom. The first kappa shape index (κ1) is 16.4. The average molecular weight is 335 g/mol. The summed E-state index contributed by atoms with van der Waals surface area (Å²) < 4.78 is 51.9. The third-order valence-corrected chi connectivity index (χ3v) is 7.97. The van der Waals surface area contributed by atoms with Crippen molar-refractivity contribution in [2.75, 3.05) is 18.1 Å². The molecule has 1 saturated heterocycles. The van der Waals surface area contributed by atoms with Crippen molar-refractivity contribution in [3.63, 3.8) is 0 Å². The van der Waals surface area contributed by atoms with Crippen molar-refractivity contribution < 1.29 is 16.8 Å². The molecule has 1 aromatic heterocycles. The summed E-state index contributed by atoms with van der Waals surface area (Å²) in [6.07, 6.45) is 0.355. The summed E-state index contributed by atoms with van der Waals surface area (Å²) in [6.45, 7) is 5.32. The second-order valence-corrected chi connectivity index (χ2v) is 9.44. The lowest BCUT2D eigenvalue weighted by Crippen LogP contribution is -2.41. The van der Waals surface area contributed by atoms with Gasteiger partial charge in [-0.15, -0.1) is 0 Å². The maximum Gasteiger partial charge on any atom is 0.247 e. The molecule has 7 nitrogen and oxygen atoms in total. The van der Waals surface area contributed by atoms with E-state index in [1.54, 1.807) is 27.8 Å². The molecule has 0 saturated carbocycles. The topological polar surface area (TPSA) is 89.3 Å². The molecule has 1 atom stereocenters. The smallest absolute Gasteiger partial charge is 0.247 e. The third kappa shape index (κ3) is 2.86. The van der Waals surface area contributed by atoms with E-state index in [9.17, 15) is 16.8 Å². The predicted molar refractivity (Wildman–Crippen MR) is 79.3 cm³/mol. The number of sulfonamides is 1. The van der Waals surface area contributed by atoms with E-state index >= 15 is 0 Å². The molecule has 0 spiro atoms. The molecule has 0 amide bonds. The van der Waals surface area contributed by atoms with Gasteiger partial charge in [-0.3, -0.25) is 4.68 Å². The molecular weight excluding hydrogens is 314 g/mol. The summed E-state index contributed by atoms with van der Waals surface area (Å²) >= 11 is 0. The Morgan fingerprint density at radius 1 is 1.38 bits per heavy atom. The van der Waals surface area contributed by atoms with Crippen LogP contribution in [0.2, 0.25) is 0 Å². The van der Waals surface area contributed by atoms with E-state index in [1.165, 1.54) is 8.99 Å². The Hall–Kier alpha value is -0.930. The highest BCUT2D eigenvalue weighted by Gasteiger charge is 2.39. The van der Waals surface area contributed by atoms with E-state index in [0.29, 0.717) is 17.8 Å². The van der Waals surface area contributed by atoms with E-state index in [-0.39, 0.29) is 22.9 Å². The molecule has 0 bridgehead atoms. The van der Waals surface area contributed by atoms with Crippen LogP contribution in [-0.2, 0) is 26.9 Å². The average Bonchev–Trinajstić information content (AvgIpc) is 2.80. The van der Waals surface area contributed by atoms with Crippen LogP contribution in [0.1, 0.15) is 24.7 Å². The van der Waals surface area contributed by atoms with Crippen LogP contribution < -0.4 is 0 Å². The molecule has 1 aliphatic heterocycles. The number of aromatic nitrogens is 2. The highest BCUT2D eigenvalue weighted by molar-refractivity contribution is 7.92. The van der Waals surface area contributed by atoms with Crippen LogP contribution >= 0.6 is 0 Å². The van der Waals surface area contributed by atoms with Gasteiger partial charge in [-0.1, -0.05) is 6.92 Å². The first-order chi connectivity index (χ1) is 9.60. The normalized spacial score (nSPS) is 22.0. The first-order valence-corrected chi connectivity index (χ1v) is 10.1. The second-order valence-electron chi connectivity index (χ2n) is 5.39. The van der Waals surface area contributed by atoms with Crippen LogP contribution in [0, 0.1) is 13.8 Å². The van der Waals surface area contributed by atoms with E-state index < -0.39 is 25.9 Å². The van der Waals surface area contributed by atoms with Crippen molar-refractivity contribution in [3.8, 4) is 0 Å². The third-order valence-electron chi connectivity index (χ3n) is 3.94. The Labute approximate surface area is 125 Å². The Balaban J connectivity index is 2.46. The summed E-state index contributed by atoms with van der Waals surface area (Å²) in [4.78, 5) is 0.191. The zero-order valence-corrected chi connectivity index (χ0v) is 14.3. The number of rotatable bonds is 4. The van der Waals surface area contributed by atoms with Gasteiger partial charge in [0.2, 0.25) is 10.0 Å². The highest BCUT2D eigenvalue weighted by atomic mass is 32.2. The minimum Gasteiger partial charge on any atom is -0.271 e. The van der Waals surface area contributed by atoms with Crippen LogP contribution in [0.4, 0.5) is 0 Å². The van der Waals surface area contributed by atoms with Gasteiger partial charge in [-0.25, -0.2) is 16.8 Å². The molecule has 9 heteroatoms. The fourth-order valence-corrected chi connectivity index (χ4v) is 6.76. The molecule has 0 aromatic carbocycles. The Morgan fingerprint density at radius 2 is 2.00 bits per heavy atom. The van der Waals surface area contributed by atoms with Gasteiger partial charge in [0, 0.05) is 19.6 Å². The van der Waals surface area contributed by atoms with Crippen molar-refractivity contribution in [1.82, 2.24) is 14.1 Å². The van der Waals surface area contributed by atoms with E-state index in [1.807, 2.05) is 0 Å². The fourth-order valence-electron chi connectivity index (χ4n) is 2.87. The largest absolute Gasteiger partial charge is 0.271 e. The number of nitrogens with zero attached hydrogens (tertiary/aromatic N) is 3. The van der Waals surface area contributed by atoms with E-state index in [2.05, 4.69) is 5.10 Å². The molecule has 0 unspecified atom stereocenters. The van der Waals surface area contributed by atoms with Gasteiger partial charge < -0.3 is 0 Å². The summed E-state index contributed by atoms with van der Waals surface area (Å²) in [5.74, 6) is -0.0485. The minimum absolute atomic E-state index is 0.0503. The van der Waals surface area contributed by atoms with Gasteiger partial charge in [0.15, 0.2) is 9.84 Å². The fraction of sp³-hybridized carbons (Fsp3) is 0.750. The van der Waals surface area contributed by atoms with Crippen molar-refractivity contribution >= 4 is 19.9 Å². The molecule has 1 aromatic rings. The molecule has 0 radical (unpaired) electrons. The van der Waals surface area contributed by atoms with Gasteiger partial charge in [-0.05, 0) is 20.3 Å². The Bertz CT molecular complexity index is 750. The quantitative estimate of drug-likeness (QED) is 0.786. The van der Waals surface area contributed by atoms with Gasteiger partial charge in [0.1, 0.15) is 4.90 Å². The summed E-state index contributed by atoms with van der Waals surface area (Å²) in [5.41, 5.74) is 1.00. The van der Waals surface area contributed by atoms with Crippen molar-refractivity contribution in [2.45, 2.75) is 38.1 Å². The molecule has 120 valence electrons. The lowest BCUT2D eigenvalue weighted by Gasteiger charge is -2.26. The van der Waals surface area contributed by atoms with Gasteiger partial charge in [0.25, 0.3) is 0 Å². The monoisotopic (exact) mass is 335 g/mol. The van der Waals surface area contributed by atoms with Crippen LogP contribution in [0.15, 0.2) is 4.90 Å². The number of hydrogen-bond acceptors (Lipinski definition) is 5. The molecule has 21 heavy (non-hydrogen) atoms. The van der Waals surface area contributed by atoms with Gasteiger partial charge in [-0.2, -0.15) is 9.40 Å². The first-order valence-electron chi connectivity index (χ1n) is 6.82. The molecule has 0 N–H and O–H groups in total. The summed E-state index contributed by atoms with van der Waals surface area (Å²) in [6, 6.07) is -0.482. The number of sulfone groups is 1. The van der Waals surface area contributed by atoms with Crippen molar-refractivity contribution in [3.05, 3.63) is 11.4 Å². The molecule has 0 aliphatic carbocycles. The highest BCUT2D eigenvalue weighted by Crippen LogP contribution is 2.28. The minimum atomic E-state index is -3.74. The zero-order chi connectivity index (χ0) is 16.0. The summed E-state index contributed by atoms with van der Waals surface area (Å²) in [7, 11) is -5.18. The van der Waals surface area contributed by atoms with E-state index in [4.69, 9.17) is 0 Å². The SMILES string of the molecule is CCN([C@@H]1CCS(=O)(=O)C1)S(=O)(=O)c1c(C)nn(C)c1C. The molecular formula is C12H21N3O4S2. The number of hydrogen-bond donors (Lipinski definition) is 0. The predicted octanol–water partition coefficient (Wildman–Crippen LogP) is 0.235. The van der Waals surface area contributed by atoms with Crippen LogP contribution in [0.25, 0.3) is 0 Å². The second kappa shape index (κ2) is 5.36. The molecule has 1 fully saturated rings. The van der Waals surface area contributed by atoms with E-state index in [0.717, 1.165) is 0 Å². The lowest BCUT2D eigenvalue weighted by molar-refractivity contribution is 0.354. The lowest BCUT2D eigenvalue weighted by atomic mass is 10.3. The zero-order valence-electron chi connectivity index (χ0n) is 12.7. The Kier molecular flexibility index (Phi) is 4.20. The van der Waals surface area contributed by atoms with Crippen LogP contribution in [-0.4, -0.2) is 55.0 Å². The van der Waals surface area contributed by atoms with Gasteiger partial charge >= 0.3 is 0 Å². The summed E-state index contributed by atoms with van der Waals surface area (Å²) in [5, 5.41) is 4.14. The number of aryl methyl sites for hydroxylation is 2. The molecule has 1 aliphatic rings. The maximum atomic E-state index is 12.9. The standard InChI is InChI=1S/C12H21N3O4S2/c1-5-15(11-6-7-20(16,17)8-11)21(18,19)12-9(2)13-14(4)10(12)3/h11H,5-8H2,1-4H3/t11-/m1/s1. The van der Waals surface area contributed by atoms with Crippen LogP contribution in [0.3, 0.4) is 0 Å². The molecule has 2 heterocycles. The van der Waals surface area contributed by atoms with Gasteiger partial charge in [0.05, 0.1) is 22.9 Å². The van der Waals surface area contributed by atoms with Crippen molar-refractivity contribution in [1.29, 1.82) is 0 Å². The van der Waals surface area contributed by atoms with Crippen LogP contribution in [0.5, 0.6) is 0 Å².